The Balaban J connectivity index is 1.94. The van der Waals surface area contributed by atoms with Gasteiger partial charge in [-0.1, -0.05) is 20.3 Å². The molecule has 18 heavy (non-hydrogen) atoms. The number of amides is 1. The van der Waals surface area contributed by atoms with E-state index in [1.807, 2.05) is 0 Å². The predicted octanol–water partition coefficient (Wildman–Crippen LogP) is 2.40. The Morgan fingerprint density at radius 1 is 1.28 bits per heavy atom. The molecule has 0 aromatic carbocycles. The maximum Gasteiger partial charge on any atom is 0.226 e. The molecule has 0 aromatic heterocycles. The van der Waals surface area contributed by atoms with Crippen molar-refractivity contribution in [1.29, 1.82) is 0 Å². The summed E-state index contributed by atoms with van der Waals surface area (Å²) >= 11 is 0. The number of carbonyl (C=O) groups is 1. The minimum atomic E-state index is 0.225. The van der Waals surface area contributed by atoms with E-state index in [1.165, 1.54) is 19.3 Å². The minimum Gasteiger partial charge on any atom is -0.339 e. The van der Waals surface area contributed by atoms with Crippen molar-refractivity contribution in [3.63, 3.8) is 0 Å². The highest BCUT2D eigenvalue weighted by Crippen LogP contribution is 2.36. The fourth-order valence-corrected chi connectivity index (χ4v) is 3.11. The van der Waals surface area contributed by atoms with Crippen LogP contribution in [-0.2, 0) is 4.79 Å². The van der Waals surface area contributed by atoms with Gasteiger partial charge in [0.15, 0.2) is 0 Å². The number of hydrogen-bond acceptors (Lipinski definition) is 2. The first-order valence-electron chi connectivity index (χ1n) is 7.64. The van der Waals surface area contributed by atoms with Crippen LogP contribution >= 0.6 is 0 Å². The highest BCUT2D eigenvalue weighted by atomic mass is 16.2. The lowest BCUT2D eigenvalue weighted by Crippen LogP contribution is -2.41. The summed E-state index contributed by atoms with van der Waals surface area (Å²) in [5.74, 6) is 1.75. The van der Waals surface area contributed by atoms with Crippen LogP contribution in [0, 0.1) is 17.8 Å². The summed E-state index contributed by atoms with van der Waals surface area (Å²) in [6, 6.07) is 0.551. The van der Waals surface area contributed by atoms with Gasteiger partial charge in [0.1, 0.15) is 0 Å². The van der Waals surface area contributed by atoms with E-state index < -0.39 is 0 Å². The van der Waals surface area contributed by atoms with Crippen molar-refractivity contribution >= 4 is 5.91 Å². The maximum atomic E-state index is 12.7. The number of nitrogens with zero attached hydrogens (tertiary/aromatic N) is 1. The van der Waals surface area contributed by atoms with E-state index in [-0.39, 0.29) is 5.92 Å². The first-order chi connectivity index (χ1) is 8.63. The molecule has 2 saturated carbocycles. The fourth-order valence-electron chi connectivity index (χ4n) is 3.11. The SMILES string of the molecule is CC(C)CCN(C(=O)C1CCCC1CN)C1CC1. The average Bonchev–Trinajstić information content (AvgIpc) is 3.06. The van der Waals surface area contributed by atoms with Gasteiger partial charge in [-0.15, -0.1) is 0 Å². The zero-order chi connectivity index (χ0) is 13.1. The molecule has 0 bridgehead atoms. The van der Waals surface area contributed by atoms with E-state index in [4.69, 9.17) is 5.73 Å². The second-order valence-corrected chi connectivity index (χ2v) is 6.48. The van der Waals surface area contributed by atoms with Crippen LogP contribution in [0.1, 0.15) is 52.4 Å². The van der Waals surface area contributed by atoms with E-state index in [1.54, 1.807) is 0 Å². The molecule has 104 valence electrons. The molecule has 2 aliphatic carbocycles. The maximum absolute atomic E-state index is 12.7. The quantitative estimate of drug-likeness (QED) is 0.789. The van der Waals surface area contributed by atoms with Crippen molar-refractivity contribution in [3.8, 4) is 0 Å². The summed E-state index contributed by atoms with van der Waals surface area (Å²) < 4.78 is 0. The highest BCUT2D eigenvalue weighted by Gasteiger charge is 2.39. The van der Waals surface area contributed by atoms with Gasteiger partial charge in [0.05, 0.1) is 0 Å². The molecule has 3 nitrogen and oxygen atoms in total. The lowest BCUT2D eigenvalue weighted by atomic mass is 9.94. The Kier molecular flexibility index (Phi) is 4.66. The van der Waals surface area contributed by atoms with E-state index in [2.05, 4.69) is 18.7 Å². The normalized spacial score (nSPS) is 27.8. The van der Waals surface area contributed by atoms with Gasteiger partial charge in [-0.2, -0.15) is 0 Å². The zero-order valence-corrected chi connectivity index (χ0v) is 11.9. The van der Waals surface area contributed by atoms with Crippen molar-refractivity contribution < 1.29 is 4.79 Å². The van der Waals surface area contributed by atoms with Gasteiger partial charge in [-0.05, 0) is 50.5 Å². The van der Waals surface area contributed by atoms with Gasteiger partial charge in [0.2, 0.25) is 5.91 Å². The monoisotopic (exact) mass is 252 g/mol. The molecule has 0 aliphatic heterocycles. The lowest BCUT2D eigenvalue weighted by molar-refractivity contribution is -0.137. The van der Waals surface area contributed by atoms with E-state index in [0.717, 1.165) is 25.8 Å². The van der Waals surface area contributed by atoms with E-state index in [9.17, 15) is 4.79 Å². The van der Waals surface area contributed by atoms with Crippen molar-refractivity contribution in [1.82, 2.24) is 4.90 Å². The molecule has 2 atom stereocenters. The van der Waals surface area contributed by atoms with Crippen LogP contribution in [0.2, 0.25) is 0 Å². The van der Waals surface area contributed by atoms with Crippen LogP contribution in [0.15, 0.2) is 0 Å². The molecule has 0 heterocycles. The van der Waals surface area contributed by atoms with Gasteiger partial charge in [0, 0.05) is 18.5 Å². The molecule has 1 amide bonds. The first-order valence-corrected chi connectivity index (χ1v) is 7.64. The van der Waals surface area contributed by atoms with Crippen LogP contribution < -0.4 is 5.73 Å². The summed E-state index contributed by atoms with van der Waals surface area (Å²) in [5.41, 5.74) is 5.81. The van der Waals surface area contributed by atoms with E-state index in [0.29, 0.717) is 30.3 Å². The Bertz CT molecular complexity index is 286. The largest absolute Gasteiger partial charge is 0.339 e. The minimum absolute atomic E-state index is 0.225. The van der Waals surface area contributed by atoms with E-state index >= 15 is 0 Å². The summed E-state index contributed by atoms with van der Waals surface area (Å²) in [6.45, 7) is 6.09. The molecule has 2 unspecified atom stereocenters. The summed E-state index contributed by atoms with van der Waals surface area (Å²) in [5, 5.41) is 0. The summed E-state index contributed by atoms with van der Waals surface area (Å²) in [4.78, 5) is 14.9. The number of nitrogens with two attached hydrogens (primary N) is 1. The third-order valence-electron chi connectivity index (χ3n) is 4.50. The van der Waals surface area contributed by atoms with Gasteiger partial charge >= 0.3 is 0 Å². The predicted molar refractivity (Wildman–Crippen MR) is 74.1 cm³/mol. The Morgan fingerprint density at radius 3 is 2.56 bits per heavy atom. The van der Waals surface area contributed by atoms with Crippen LogP contribution in [0.5, 0.6) is 0 Å². The van der Waals surface area contributed by atoms with Crippen LogP contribution in [0.3, 0.4) is 0 Å². The molecule has 2 aliphatic rings. The van der Waals surface area contributed by atoms with Gasteiger partial charge in [-0.3, -0.25) is 4.79 Å². The molecular formula is C15H28N2O. The molecule has 2 fully saturated rings. The van der Waals surface area contributed by atoms with Crippen LogP contribution in [-0.4, -0.2) is 29.9 Å². The van der Waals surface area contributed by atoms with Crippen molar-refractivity contribution in [2.75, 3.05) is 13.1 Å². The molecule has 2 N–H and O–H groups in total. The Labute approximate surface area is 111 Å². The molecule has 2 rings (SSSR count). The Hall–Kier alpha value is -0.570. The molecule has 3 heteroatoms. The second kappa shape index (κ2) is 6.05. The lowest BCUT2D eigenvalue weighted by Gasteiger charge is -2.28. The number of hydrogen-bond donors (Lipinski definition) is 1. The highest BCUT2D eigenvalue weighted by molar-refractivity contribution is 5.80. The van der Waals surface area contributed by atoms with Crippen molar-refractivity contribution in [3.05, 3.63) is 0 Å². The van der Waals surface area contributed by atoms with Crippen LogP contribution in [0.4, 0.5) is 0 Å². The van der Waals surface area contributed by atoms with Crippen LogP contribution in [0.25, 0.3) is 0 Å². The standard InChI is InChI=1S/C15H28N2O/c1-11(2)8-9-17(13-6-7-13)15(18)14-5-3-4-12(14)10-16/h11-14H,3-10,16H2,1-2H3. The summed E-state index contributed by atoms with van der Waals surface area (Å²) in [6.07, 6.45) is 6.94. The van der Waals surface area contributed by atoms with Gasteiger partial charge < -0.3 is 10.6 Å². The molecular weight excluding hydrogens is 224 g/mol. The third-order valence-corrected chi connectivity index (χ3v) is 4.50. The number of rotatable bonds is 6. The topological polar surface area (TPSA) is 46.3 Å². The fraction of sp³-hybridized carbons (Fsp3) is 0.933. The molecule has 0 aromatic rings. The van der Waals surface area contributed by atoms with Crippen molar-refractivity contribution in [2.24, 2.45) is 23.5 Å². The average molecular weight is 252 g/mol. The molecule has 0 saturated heterocycles. The summed E-state index contributed by atoms with van der Waals surface area (Å²) in [7, 11) is 0. The Morgan fingerprint density at radius 2 is 2.00 bits per heavy atom. The number of carbonyl (C=O) groups excluding carboxylic acids is 1. The third kappa shape index (κ3) is 3.25. The molecule has 0 spiro atoms. The molecule has 0 radical (unpaired) electrons. The van der Waals surface area contributed by atoms with Crippen molar-refractivity contribution in [2.45, 2.75) is 58.4 Å². The van der Waals surface area contributed by atoms with Gasteiger partial charge in [-0.25, -0.2) is 0 Å². The van der Waals surface area contributed by atoms with Gasteiger partial charge in [0.25, 0.3) is 0 Å². The first kappa shape index (κ1) is 13.9. The zero-order valence-electron chi connectivity index (χ0n) is 11.9. The smallest absolute Gasteiger partial charge is 0.226 e. The second-order valence-electron chi connectivity index (χ2n) is 6.48.